The van der Waals surface area contributed by atoms with E-state index in [1.54, 1.807) is 25.0 Å². The number of methoxy groups -OCH3 is 2. The van der Waals surface area contributed by atoms with Gasteiger partial charge in [0, 0.05) is 5.92 Å². The molecule has 2 aliphatic rings. The molecule has 0 aliphatic heterocycles. The molecule has 23 heavy (non-hydrogen) atoms. The van der Waals surface area contributed by atoms with Crippen LogP contribution >= 0.6 is 0 Å². The molecule has 1 saturated carbocycles. The number of allylic oxidation sites excluding steroid dienone is 4. The van der Waals surface area contributed by atoms with Crippen molar-refractivity contribution in [2.45, 2.75) is 0 Å². The molecule has 4 nitrogen and oxygen atoms in total. The van der Waals surface area contributed by atoms with Crippen LogP contribution in [0.1, 0.15) is 0 Å². The minimum Gasteiger partial charge on any atom is -0.468 e. The van der Waals surface area contributed by atoms with Gasteiger partial charge in [-0.2, -0.15) is 0 Å². The third-order valence-electron chi connectivity index (χ3n) is 2.96. The summed E-state index contributed by atoms with van der Waals surface area (Å²) in [7, 11) is 2.50. The van der Waals surface area contributed by atoms with E-state index < -0.39 is 17.9 Å². The topological polar surface area (TPSA) is 52.6 Å². The summed E-state index contributed by atoms with van der Waals surface area (Å²) in [6.07, 6.45) is 22.6. The van der Waals surface area contributed by atoms with Crippen molar-refractivity contribution >= 4 is 11.9 Å². The van der Waals surface area contributed by atoms with Crippen LogP contribution in [0.2, 0.25) is 0 Å². The zero-order valence-electron chi connectivity index (χ0n) is 13.1. The zero-order valence-corrected chi connectivity index (χ0v) is 14.8. The van der Waals surface area contributed by atoms with Crippen molar-refractivity contribution in [2.24, 2.45) is 11.8 Å². The van der Waals surface area contributed by atoms with Gasteiger partial charge in [-0.15, -0.1) is 0 Å². The van der Waals surface area contributed by atoms with E-state index in [0.29, 0.717) is 0 Å². The van der Waals surface area contributed by atoms with Crippen molar-refractivity contribution in [3.8, 4) is 0 Å². The first-order valence-corrected chi connectivity index (χ1v) is 6.88. The summed E-state index contributed by atoms with van der Waals surface area (Å²) in [5.74, 6) is -2.52. The van der Waals surface area contributed by atoms with E-state index in [-0.39, 0.29) is 25.4 Å². The standard InChI is InChI=1S/C13H15O4.C5H5.Ru/c1-16-12(14)11(13(15)17-2)10-8-6-4-3-5-7-9-10;1-2-4-5-3-1;/h3-11H,1-2H3;1-5H;/q;;+2/b4-3-,8-6-;;. The Hall–Kier alpha value is -0.957. The Bertz CT molecular complexity index is 376. The van der Waals surface area contributed by atoms with Crippen molar-refractivity contribution in [2.75, 3.05) is 14.2 Å². The van der Waals surface area contributed by atoms with Crippen LogP contribution in [0.15, 0.2) is 24.3 Å². The second-order valence-corrected chi connectivity index (χ2v) is 4.41. The number of hydrogen-bond acceptors (Lipinski definition) is 4. The fourth-order valence-corrected chi connectivity index (χ4v) is 1.85. The van der Waals surface area contributed by atoms with E-state index >= 15 is 0 Å². The summed E-state index contributed by atoms with van der Waals surface area (Å²) in [4.78, 5) is 23.2. The molecule has 2 aliphatic carbocycles. The van der Waals surface area contributed by atoms with Crippen LogP contribution in [0.4, 0.5) is 0 Å². The van der Waals surface area contributed by atoms with E-state index in [0.717, 1.165) is 0 Å². The molecule has 122 valence electrons. The molecule has 0 saturated heterocycles. The first-order valence-electron chi connectivity index (χ1n) is 6.88. The SMILES string of the molecule is COC(=O)C(C(=O)OC)C1[CH][CH][CH]/C=C\C=C/1.[CH]1[CH][CH][CH][CH]1.[Ru+2]. The van der Waals surface area contributed by atoms with Crippen molar-refractivity contribution in [3.05, 3.63) is 75.7 Å². The molecule has 0 N–H and O–H groups in total. The van der Waals surface area contributed by atoms with E-state index in [1.807, 2.05) is 50.7 Å². The summed E-state index contributed by atoms with van der Waals surface area (Å²) < 4.78 is 9.25. The molecule has 5 heteroatoms. The van der Waals surface area contributed by atoms with Crippen molar-refractivity contribution in [1.82, 2.24) is 0 Å². The number of rotatable bonds is 3. The number of carbonyl (C=O) groups is 2. The molecule has 0 aromatic carbocycles. The Morgan fingerprint density at radius 2 is 1.30 bits per heavy atom. The molecule has 2 rings (SSSR count). The molecule has 0 amide bonds. The average Bonchev–Trinajstić information content (AvgIpc) is 3.08. The smallest absolute Gasteiger partial charge is 0.468 e. The molecule has 1 fully saturated rings. The Morgan fingerprint density at radius 1 is 0.783 bits per heavy atom. The van der Waals surface area contributed by atoms with Crippen LogP contribution in [0, 0.1) is 63.2 Å². The largest absolute Gasteiger partial charge is 2.00 e. The van der Waals surface area contributed by atoms with Gasteiger partial charge >= 0.3 is 31.4 Å². The molecular formula is C18H20O4Ru+2. The molecule has 0 aromatic heterocycles. The zero-order chi connectivity index (χ0) is 16.2. The fraction of sp³-hybridized carbons (Fsp3) is 0.222. The average molecular weight is 401 g/mol. The van der Waals surface area contributed by atoms with Gasteiger partial charge in [0.15, 0.2) is 5.92 Å². The summed E-state index contributed by atoms with van der Waals surface area (Å²) in [5.41, 5.74) is 0. The Balaban J connectivity index is 0.000000684. The monoisotopic (exact) mass is 402 g/mol. The molecule has 0 heterocycles. The normalized spacial score (nSPS) is 22.5. The molecule has 0 aromatic rings. The number of ether oxygens (including phenoxy) is 2. The summed E-state index contributed by atoms with van der Waals surface area (Å²) >= 11 is 0. The molecule has 1 unspecified atom stereocenters. The van der Waals surface area contributed by atoms with Crippen molar-refractivity contribution in [1.29, 1.82) is 0 Å². The van der Waals surface area contributed by atoms with Crippen LogP contribution in [0.25, 0.3) is 0 Å². The number of carbonyl (C=O) groups excluding carboxylic acids is 2. The summed E-state index contributed by atoms with van der Waals surface area (Å²) in [6, 6.07) is 0. The molecule has 8 radical (unpaired) electrons. The summed E-state index contributed by atoms with van der Waals surface area (Å²) in [6.45, 7) is 0. The van der Waals surface area contributed by atoms with Gasteiger partial charge in [0.1, 0.15) is 0 Å². The molecule has 1 atom stereocenters. The van der Waals surface area contributed by atoms with Crippen LogP contribution in [-0.2, 0) is 38.5 Å². The fourth-order valence-electron chi connectivity index (χ4n) is 1.85. The van der Waals surface area contributed by atoms with Gasteiger partial charge in [0.25, 0.3) is 0 Å². The van der Waals surface area contributed by atoms with E-state index in [2.05, 4.69) is 9.47 Å². The molecular weight excluding hydrogens is 381 g/mol. The first kappa shape index (κ1) is 22.0. The maximum atomic E-state index is 11.6. The van der Waals surface area contributed by atoms with Gasteiger partial charge in [-0.1, -0.05) is 24.3 Å². The van der Waals surface area contributed by atoms with E-state index in [4.69, 9.17) is 0 Å². The van der Waals surface area contributed by atoms with Gasteiger partial charge in [-0.3, -0.25) is 9.59 Å². The third kappa shape index (κ3) is 8.45. The van der Waals surface area contributed by atoms with Gasteiger partial charge in [0.2, 0.25) is 0 Å². The Kier molecular flexibility index (Phi) is 12.9. The maximum absolute atomic E-state index is 11.6. The Labute approximate surface area is 152 Å². The second-order valence-electron chi connectivity index (χ2n) is 4.41. The van der Waals surface area contributed by atoms with Crippen molar-refractivity contribution in [3.63, 3.8) is 0 Å². The van der Waals surface area contributed by atoms with Crippen molar-refractivity contribution < 1.29 is 38.5 Å². The maximum Gasteiger partial charge on any atom is 2.00 e. The quantitative estimate of drug-likeness (QED) is 0.414. The minimum absolute atomic E-state index is 0. The van der Waals surface area contributed by atoms with Crippen LogP contribution in [0.5, 0.6) is 0 Å². The molecule has 0 bridgehead atoms. The second kappa shape index (κ2) is 13.5. The minimum atomic E-state index is -0.961. The van der Waals surface area contributed by atoms with Gasteiger partial charge in [-0.05, 0) is 51.4 Å². The number of hydrogen-bond donors (Lipinski definition) is 0. The van der Waals surface area contributed by atoms with Gasteiger partial charge in [0.05, 0.1) is 14.2 Å². The van der Waals surface area contributed by atoms with Gasteiger partial charge < -0.3 is 9.47 Å². The predicted molar refractivity (Wildman–Crippen MR) is 83.7 cm³/mol. The first-order chi connectivity index (χ1) is 10.7. The Morgan fingerprint density at radius 3 is 1.78 bits per heavy atom. The van der Waals surface area contributed by atoms with Crippen LogP contribution in [0.3, 0.4) is 0 Å². The summed E-state index contributed by atoms with van der Waals surface area (Å²) in [5, 5.41) is 0. The van der Waals surface area contributed by atoms with Gasteiger partial charge in [-0.25, -0.2) is 0 Å². The molecule has 0 spiro atoms. The predicted octanol–water partition coefficient (Wildman–Crippen LogP) is 2.32. The van der Waals surface area contributed by atoms with Crippen LogP contribution in [-0.4, -0.2) is 26.2 Å². The number of esters is 2. The van der Waals surface area contributed by atoms with E-state index in [9.17, 15) is 9.59 Å². The third-order valence-corrected chi connectivity index (χ3v) is 2.96. The van der Waals surface area contributed by atoms with E-state index in [1.165, 1.54) is 14.2 Å². The van der Waals surface area contributed by atoms with Crippen LogP contribution < -0.4 is 0 Å².